The molecular weight excluding hydrogens is 259 g/mol. The van der Waals surface area contributed by atoms with E-state index < -0.39 is 26.8 Å². The fourth-order valence-electron chi connectivity index (χ4n) is 1.13. The third kappa shape index (κ3) is 3.28. The van der Waals surface area contributed by atoms with Gasteiger partial charge in [-0.25, -0.2) is 12.8 Å². The second-order valence-electron chi connectivity index (χ2n) is 3.77. The number of anilines is 1. The van der Waals surface area contributed by atoms with Crippen molar-refractivity contribution in [2.75, 3.05) is 11.6 Å². The van der Waals surface area contributed by atoms with Crippen molar-refractivity contribution in [2.45, 2.75) is 12.2 Å². The monoisotopic (exact) mass is 270 g/mol. The number of benzene rings is 1. The van der Waals surface area contributed by atoms with Crippen LogP contribution in [0.4, 0.5) is 10.1 Å². The zero-order valence-corrected chi connectivity index (χ0v) is 10.6. The minimum absolute atomic E-state index is 0.174. The smallest absolute Gasteiger partial charge is 0.242 e. The van der Waals surface area contributed by atoms with Crippen LogP contribution in [0.1, 0.15) is 12.5 Å². The summed E-state index contributed by atoms with van der Waals surface area (Å²) in [6, 6.07) is 5.05. The van der Waals surface area contributed by atoms with Crippen LogP contribution in [0.3, 0.4) is 0 Å². The van der Waals surface area contributed by atoms with E-state index in [0.29, 0.717) is 0 Å². The number of hydrogen-bond donors (Lipinski definition) is 1. The van der Waals surface area contributed by atoms with Crippen molar-refractivity contribution in [3.05, 3.63) is 29.6 Å². The predicted octanol–water partition coefficient (Wildman–Crippen LogP) is 1.07. The molecule has 1 atom stereocenters. The Hall–Kier alpha value is -1.94. The fraction of sp³-hybridized carbons (Fsp3) is 0.273. The molecule has 96 valence electrons. The number of carbonyl (C=O) groups excluding carboxylic acids is 1. The first kappa shape index (κ1) is 14.1. The quantitative estimate of drug-likeness (QED) is 0.890. The number of hydrogen-bond acceptors (Lipinski definition) is 4. The number of rotatable bonds is 3. The van der Waals surface area contributed by atoms with Gasteiger partial charge >= 0.3 is 0 Å². The summed E-state index contributed by atoms with van der Waals surface area (Å²) >= 11 is 0. The molecule has 18 heavy (non-hydrogen) atoms. The first-order valence-electron chi connectivity index (χ1n) is 4.95. The van der Waals surface area contributed by atoms with E-state index in [1.54, 1.807) is 6.07 Å². The van der Waals surface area contributed by atoms with Crippen molar-refractivity contribution in [3.8, 4) is 6.07 Å². The Morgan fingerprint density at radius 3 is 2.61 bits per heavy atom. The van der Waals surface area contributed by atoms with E-state index in [9.17, 15) is 17.6 Å². The fourth-order valence-corrected chi connectivity index (χ4v) is 1.57. The zero-order valence-electron chi connectivity index (χ0n) is 9.77. The minimum Gasteiger partial charge on any atom is -0.325 e. The Balaban J connectivity index is 2.93. The lowest BCUT2D eigenvalue weighted by molar-refractivity contribution is -0.115. The van der Waals surface area contributed by atoms with E-state index in [0.717, 1.165) is 18.4 Å². The van der Waals surface area contributed by atoms with E-state index in [1.807, 2.05) is 0 Å². The maximum atomic E-state index is 13.0. The molecule has 5 nitrogen and oxygen atoms in total. The van der Waals surface area contributed by atoms with Gasteiger partial charge in [0.15, 0.2) is 9.84 Å². The molecule has 0 aromatic heterocycles. The Morgan fingerprint density at radius 2 is 2.11 bits per heavy atom. The molecule has 0 saturated heterocycles. The molecule has 0 radical (unpaired) electrons. The molecule has 0 fully saturated rings. The highest BCUT2D eigenvalue weighted by Gasteiger charge is 2.23. The van der Waals surface area contributed by atoms with Crippen molar-refractivity contribution in [2.24, 2.45) is 0 Å². The molecule has 0 aliphatic carbocycles. The van der Waals surface area contributed by atoms with Gasteiger partial charge in [-0.1, -0.05) is 0 Å². The number of nitrogens with one attached hydrogen (secondary N) is 1. The van der Waals surface area contributed by atoms with Crippen LogP contribution in [0.25, 0.3) is 0 Å². The van der Waals surface area contributed by atoms with Gasteiger partial charge in [-0.2, -0.15) is 5.26 Å². The van der Waals surface area contributed by atoms with Crippen LogP contribution in [0.5, 0.6) is 0 Å². The van der Waals surface area contributed by atoms with Gasteiger partial charge in [0, 0.05) is 11.9 Å². The maximum absolute atomic E-state index is 13.0. The van der Waals surface area contributed by atoms with Crippen LogP contribution in [0.15, 0.2) is 18.2 Å². The number of carbonyl (C=O) groups is 1. The summed E-state index contributed by atoms with van der Waals surface area (Å²) in [5.41, 5.74) is -0.0479. The minimum atomic E-state index is -3.50. The van der Waals surface area contributed by atoms with E-state index >= 15 is 0 Å². The summed E-state index contributed by atoms with van der Waals surface area (Å²) in [5.74, 6) is -1.43. The van der Waals surface area contributed by atoms with E-state index in [-0.39, 0.29) is 11.3 Å². The summed E-state index contributed by atoms with van der Waals surface area (Å²) in [4.78, 5) is 11.6. The first-order chi connectivity index (χ1) is 8.25. The molecule has 1 N–H and O–H groups in total. The Labute approximate surface area is 104 Å². The topological polar surface area (TPSA) is 87.0 Å². The molecular formula is C11H11FN2O3S. The van der Waals surface area contributed by atoms with Gasteiger partial charge < -0.3 is 5.32 Å². The SMILES string of the molecule is CC(C(=O)Nc1ccc(F)c(C#N)c1)S(C)(=O)=O. The molecule has 1 unspecified atom stereocenters. The van der Waals surface area contributed by atoms with Gasteiger partial charge in [0.2, 0.25) is 5.91 Å². The number of nitrogens with zero attached hydrogens (tertiary/aromatic N) is 1. The molecule has 0 aliphatic heterocycles. The van der Waals surface area contributed by atoms with Gasteiger partial charge in [0.1, 0.15) is 17.1 Å². The number of halogens is 1. The Kier molecular flexibility index (Phi) is 4.03. The summed E-state index contributed by atoms with van der Waals surface area (Å²) in [6.07, 6.45) is 0.947. The highest BCUT2D eigenvalue weighted by Crippen LogP contribution is 2.14. The second-order valence-corrected chi connectivity index (χ2v) is 6.13. The van der Waals surface area contributed by atoms with Crippen LogP contribution in [-0.2, 0) is 14.6 Å². The standard InChI is InChI=1S/C11H11FN2O3S/c1-7(18(2,16)17)11(15)14-9-3-4-10(12)8(5-9)6-13/h3-5,7H,1-2H3,(H,14,15). The largest absolute Gasteiger partial charge is 0.325 e. The van der Waals surface area contributed by atoms with Crippen LogP contribution in [0.2, 0.25) is 0 Å². The lowest BCUT2D eigenvalue weighted by Gasteiger charge is -2.10. The Morgan fingerprint density at radius 1 is 1.50 bits per heavy atom. The summed E-state index contributed by atoms with van der Waals surface area (Å²) in [7, 11) is -3.50. The lowest BCUT2D eigenvalue weighted by atomic mass is 10.2. The zero-order chi connectivity index (χ0) is 13.9. The number of nitriles is 1. The number of sulfone groups is 1. The molecule has 7 heteroatoms. The van der Waals surface area contributed by atoms with Crippen LogP contribution >= 0.6 is 0 Å². The summed E-state index contributed by atoms with van der Waals surface area (Å²) in [5, 5.41) is 9.72. The van der Waals surface area contributed by atoms with Gasteiger partial charge in [-0.15, -0.1) is 0 Å². The maximum Gasteiger partial charge on any atom is 0.242 e. The van der Waals surface area contributed by atoms with Crippen molar-refractivity contribution < 1.29 is 17.6 Å². The van der Waals surface area contributed by atoms with Crippen LogP contribution < -0.4 is 5.32 Å². The predicted molar refractivity (Wildman–Crippen MR) is 64.1 cm³/mol. The van der Waals surface area contributed by atoms with Gasteiger partial charge in [-0.3, -0.25) is 4.79 Å². The third-order valence-corrected chi connectivity index (χ3v) is 3.86. The van der Waals surface area contributed by atoms with E-state index in [1.165, 1.54) is 13.0 Å². The Bertz CT molecular complexity index is 620. The van der Waals surface area contributed by atoms with Crippen molar-refractivity contribution in [1.82, 2.24) is 0 Å². The molecule has 0 spiro atoms. The number of amides is 1. The van der Waals surface area contributed by atoms with E-state index in [2.05, 4.69) is 5.32 Å². The van der Waals surface area contributed by atoms with Crippen LogP contribution in [0, 0.1) is 17.1 Å². The molecule has 1 rings (SSSR count). The van der Waals surface area contributed by atoms with E-state index in [4.69, 9.17) is 5.26 Å². The van der Waals surface area contributed by atoms with Gasteiger partial charge in [0.25, 0.3) is 0 Å². The van der Waals surface area contributed by atoms with Gasteiger partial charge in [0.05, 0.1) is 5.56 Å². The normalized spacial score (nSPS) is 12.6. The third-order valence-electron chi connectivity index (χ3n) is 2.37. The molecule has 0 heterocycles. The van der Waals surface area contributed by atoms with Gasteiger partial charge in [-0.05, 0) is 25.1 Å². The second kappa shape index (κ2) is 5.14. The first-order valence-corrected chi connectivity index (χ1v) is 6.90. The average molecular weight is 270 g/mol. The molecule has 1 aromatic rings. The van der Waals surface area contributed by atoms with Crippen molar-refractivity contribution >= 4 is 21.4 Å². The van der Waals surface area contributed by atoms with Crippen molar-refractivity contribution in [3.63, 3.8) is 0 Å². The molecule has 0 bridgehead atoms. The molecule has 1 aromatic carbocycles. The summed E-state index contributed by atoms with van der Waals surface area (Å²) in [6.45, 7) is 1.25. The molecule has 0 aliphatic rings. The lowest BCUT2D eigenvalue weighted by Crippen LogP contribution is -2.31. The van der Waals surface area contributed by atoms with Crippen molar-refractivity contribution in [1.29, 1.82) is 5.26 Å². The average Bonchev–Trinajstić information content (AvgIpc) is 2.29. The highest BCUT2D eigenvalue weighted by atomic mass is 32.2. The molecule has 0 saturated carbocycles. The highest BCUT2D eigenvalue weighted by molar-refractivity contribution is 7.92. The summed E-state index contributed by atoms with van der Waals surface area (Å²) < 4.78 is 35.4. The molecule has 1 amide bonds. The van der Waals surface area contributed by atoms with Crippen LogP contribution in [-0.4, -0.2) is 25.8 Å².